The Morgan fingerprint density at radius 2 is 2.10 bits per heavy atom. The molecule has 2 aromatic rings. The predicted octanol–water partition coefficient (Wildman–Crippen LogP) is 4.41. The lowest BCUT2D eigenvalue weighted by atomic mass is 10.0. The first-order chi connectivity index (χ1) is 9.65. The minimum absolute atomic E-state index is 0.435. The first kappa shape index (κ1) is 13.7. The molecule has 1 aromatic heterocycles. The van der Waals surface area contributed by atoms with Gasteiger partial charge in [-0.15, -0.1) is 11.3 Å². The maximum Gasteiger partial charge on any atom is 0.120 e. The van der Waals surface area contributed by atoms with Crippen LogP contribution in [0.2, 0.25) is 0 Å². The van der Waals surface area contributed by atoms with Crippen molar-refractivity contribution in [3.8, 4) is 5.75 Å². The Hall–Kier alpha value is -1.32. The topological polar surface area (TPSA) is 23.5 Å². The number of thiophene rings is 1. The fourth-order valence-electron chi connectivity index (χ4n) is 3.02. The van der Waals surface area contributed by atoms with E-state index < -0.39 is 0 Å². The van der Waals surface area contributed by atoms with E-state index in [4.69, 9.17) is 0 Å². The number of phenols is 1. The lowest BCUT2D eigenvalue weighted by molar-refractivity contribution is 0.248. The summed E-state index contributed by atoms with van der Waals surface area (Å²) in [6, 6.07) is 8.91. The number of rotatable bonds is 3. The lowest BCUT2D eigenvalue weighted by Crippen LogP contribution is -2.22. The van der Waals surface area contributed by atoms with E-state index in [0.29, 0.717) is 11.8 Å². The molecule has 1 atom stereocenters. The van der Waals surface area contributed by atoms with E-state index in [1.165, 1.54) is 23.3 Å². The Bertz CT molecular complexity index is 591. The maximum absolute atomic E-state index is 10.2. The summed E-state index contributed by atoms with van der Waals surface area (Å²) < 4.78 is 0. The Balaban J connectivity index is 1.82. The van der Waals surface area contributed by atoms with Crippen LogP contribution in [0.5, 0.6) is 5.75 Å². The number of likely N-dealkylation sites (tertiary alicyclic amines) is 1. The molecule has 0 bridgehead atoms. The average Bonchev–Trinajstić information content (AvgIpc) is 3.06. The second kappa shape index (κ2) is 5.58. The highest BCUT2D eigenvalue weighted by Gasteiger charge is 2.27. The number of benzene rings is 1. The average molecular weight is 287 g/mol. The highest BCUT2D eigenvalue weighted by atomic mass is 32.1. The monoisotopic (exact) mass is 287 g/mol. The summed E-state index contributed by atoms with van der Waals surface area (Å²) in [4.78, 5) is 3.95. The normalized spacial score (nSPS) is 19.6. The lowest BCUT2D eigenvalue weighted by Gasteiger charge is -2.24. The van der Waals surface area contributed by atoms with E-state index in [0.717, 1.165) is 24.2 Å². The van der Waals surface area contributed by atoms with Crippen molar-refractivity contribution < 1.29 is 5.11 Å². The van der Waals surface area contributed by atoms with E-state index >= 15 is 0 Å². The molecule has 0 radical (unpaired) electrons. The zero-order valence-corrected chi connectivity index (χ0v) is 12.9. The molecule has 1 aromatic carbocycles. The molecular formula is C17H21NOS. The van der Waals surface area contributed by atoms with Gasteiger partial charge in [-0.3, -0.25) is 4.90 Å². The van der Waals surface area contributed by atoms with Crippen LogP contribution in [0.3, 0.4) is 0 Å². The van der Waals surface area contributed by atoms with Crippen molar-refractivity contribution in [1.82, 2.24) is 4.90 Å². The van der Waals surface area contributed by atoms with Gasteiger partial charge in [0.15, 0.2) is 0 Å². The van der Waals surface area contributed by atoms with E-state index in [1.54, 1.807) is 0 Å². The van der Waals surface area contributed by atoms with Crippen molar-refractivity contribution in [2.24, 2.45) is 0 Å². The van der Waals surface area contributed by atoms with Gasteiger partial charge in [-0.1, -0.05) is 12.1 Å². The van der Waals surface area contributed by atoms with E-state index in [2.05, 4.69) is 35.4 Å². The summed E-state index contributed by atoms with van der Waals surface area (Å²) in [5.74, 6) is 0.435. The molecule has 2 heterocycles. The maximum atomic E-state index is 10.2. The van der Waals surface area contributed by atoms with Crippen LogP contribution in [-0.4, -0.2) is 16.6 Å². The highest BCUT2D eigenvalue weighted by molar-refractivity contribution is 7.10. The van der Waals surface area contributed by atoms with Crippen LogP contribution in [0.1, 0.15) is 40.5 Å². The zero-order chi connectivity index (χ0) is 14.1. The smallest absolute Gasteiger partial charge is 0.120 e. The first-order valence-corrected chi connectivity index (χ1v) is 8.09. The van der Waals surface area contributed by atoms with Crippen LogP contribution < -0.4 is 0 Å². The molecule has 1 aliphatic heterocycles. The van der Waals surface area contributed by atoms with Gasteiger partial charge < -0.3 is 5.11 Å². The van der Waals surface area contributed by atoms with Gasteiger partial charge in [0, 0.05) is 23.0 Å². The third-order valence-corrected chi connectivity index (χ3v) is 5.28. The SMILES string of the molecule is Cc1cc(O)c(CN2CCCC2c2cccs2)cc1C. The van der Waals surface area contributed by atoms with Gasteiger partial charge in [0.1, 0.15) is 5.75 Å². The molecule has 0 aliphatic carbocycles. The highest BCUT2D eigenvalue weighted by Crippen LogP contribution is 2.36. The quantitative estimate of drug-likeness (QED) is 0.904. The molecule has 106 valence electrons. The zero-order valence-electron chi connectivity index (χ0n) is 12.1. The Morgan fingerprint density at radius 1 is 1.30 bits per heavy atom. The molecule has 1 fully saturated rings. The fourth-order valence-corrected chi connectivity index (χ4v) is 3.92. The minimum atomic E-state index is 0.435. The van der Waals surface area contributed by atoms with Gasteiger partial charge in [-0.25, -0.2) is 0 Å². The number of phenolic OH excluding ortho intramolecular Hbond substituents is 1. The number of nitrogens with zero attached hydrogens (tertiary/aromatic N) is 1. The van der Waals surface area contributed by atoms with Gasteiger partial charge in [0.25, 0.3) is 0 Å². The number of aromatic hydroxyl groups is 1. The largest absolute Gasteiger partial charge is 0.508 e. The van der Waals surface area contributed by atoms with Gasteiger partial charge >= 0.3 is 0 Å². The Morgan fingerprint density at radius 3 is 2.85 bits per heavy atom. The first-order valence-electron chi connectivity index (χ1n) is 7.21. The molecule has 2 nitrogen and oxygen atoms in total. The van der Waals surface area contributed by atoms with Crippen molar-refractivity contribution in [2.75, 3.05) is 6.54 Å². The molecular weight excluding hydrogens is 266 g/mol. The van der Waals surface area contributed by atoms with Gasteiger partial charge in [0.05, 0.1) is 0 Å². The minimum Gasteiger partial charge on any atom is -0.508 e. The van der Waals surface area contributed by atoms with Crippen molar-refractivity contribution in [2.45, 2.75) is 39.3 Å². The summed E-state index contributed by atoms with van der Waals surface area (Å²) in [6.45, 7) is 6.12. The number of hydrogen-bond acceptors (Lipinski definition) is 3. The fraction of sp³-hybridized carbons (Fsp3) is 0.412. The summed E-state index contributed by atoms with van der Waals surface area (Å²) in [6.07, 6.45) is 2.47. The summed E-state index contributed by atoms with van der Waals surface area (Å²) >= 11 is 1.84. The standard InChI is InChI=1S/C17H21NOS/c1-12-9-14(16(19)10-13(12)2)11-18-7-3-5-15(18)17-6-4-8-20-17/h4,6,8-10,15,19H,3,5,7,11H2,1-2H3. The predicted molar refractivity (Wildman–Crippen MR) is 84.3 cm³/mol. The molecule has 0 amide bonds. The Labute approximate surface area is 124 Å². The molecule has 0 saturated carbocycles. The third-order valence-electron chi connectivity index (χ3n) is 4.30. The molecule has 3 rings (SSSR count). The van der Waals surface area contributed by atoms with Gasteiger partial charge in [-0.05, 0) is 61.9 Å². The molecule has 1 aliphatic rings. The number of aryl methyl sites for hydroxylation is 2. The van der Waals surface area contributed by atoms with Crippen LogP contribution >= 0.6 is 11.3 Å². The second-order valence-corrected chi connectivity index (χ2v) is 6.69. The van der Waals surface area contributed by atoms with Crippen molar-refractivity contribution in [3.63, 3.8) is 0 Å². The third kappa shape index (κ3) is 2.60. The van der Waals surface area contributed by atoms with Crippen LogP contribution in [0.25, 0.3) is 0 Å². The Kier molecular flexibility index (Phi) is 3.81. The van der Waals surface area contributed by atoms with E-state index in [-0.39, 0.29) is 0 Å². The molecule has 1 unspecified atom stereocenters. The van der Waals surface area contributed by atoms with Crippen LogP contribution in [-0.2, 0) is 6.54 Å². The van der Waals surface area contributed by atoms with Gasteiger partial charge in [-0.2, -0.15) is 0 Å². The molecule has 20 heavy (non-hydrogen) atoms. The van der Waals surface area contributed by atoms with Crippen molar-refractivity contribution in [1.29, 1.82) is 0 Å². The molecule has 1 saturated heterocycles. The van der Waals surface area contributed by atoms with Crippen molar-refractivity contribution >= 4 is 11.3 Å². The summed E-state index contributed by atoms with van der Waals surface area (Å²) in [5, 5.41) is 12.3. The molecule has 3 heteroatoms. The summed E-state index contributed by atoms with van der Waals surface area (Å²) in [5.41, 5.74) is 3.46. The van der Waals surface area contributed by atoms with E-state index in [9.17, 15) is 5.11 Å². The molecule has 0 spiro atoms. The van der Waals surface area contributed by atoms with E-state index in [1.807, 2.05) is 24.3 Å². The van der Waals surface area contributed by atoms with Crippen molar-refractivity contribution in [3.05, 3.63) is 51.2 Å². The van der Waals surface area contributed by atoms with Gasteiger partial charge in [0.2, 0.25) is 0 Å². The molecule has 1 N–H and O–H groups in total. The second-order valence-electron chi connectivity index (χ2n) is 5.71. The number of hydrogen-bond donors (Lipinski definition) is 1. The van der Waals surface area contributed by atoms with Crippen LogP contribution in [0.15, 0.2) is 29.6 Å². The van der Waals surface area contributed by atoms with Crippen LogP contribution in [0.4, 0.5) is 0 Å². The van der Waals surface area contributed by atoms with Crippen LogP contribution in [0, 0.1) is 13.8 Å². The summed E-state index contributed by atoms with van der Waals surface area (Å²) in [7, 11) is 0.